The van der Waals surface area contributed by atoms with Crippen LogP contribution in [0.4, 0.5) is 0 Å². The van der Waals surface area contributed by atoms with Crippen LogP contribution in [0.2, 0.25) is 0 Å². The molecule has 1 aromatic carbocycles. The molecule has 0 N–H and O–H groups in total. The molecule has 0 aliphatic rings. The molecule has 1 rings (SSSR count). The van der Waals surface area contributed by atoms with E-state index in [4.69, 9.17) is 0 Å². The summed E-state index contributed by atoms with van der Waals surface area (Å²) in [5.74, 6) is 0. The van der Waals surface area contributed by atoms with E-state index in [1.54, 1.807) is 4.67 Å². The normalized spacial score (nSPS) is 12.6. The van der Waals surface area contributed by atoms with E-state index in [2.05, 4.69) is 57.4 Å². The summed E-state index contributed by atoms with van der Waals surface area (Å²) in [7, 11) is 0. The molecule has 4 heteroatoms. The van der Waals surface area contributed by atoms with Gasteiger partial charge in [0.2, 0.25) is 0 Å². The molecule has 0 saturated heterocycles. The van der Waals surface area contributed by atoms with Crippen molar-refractivity contribution in [3.8, 4) is 12.4 Å². The second-order valence-electron chi connectivity index (χ2n) is 7.29. The average molecular weight is 359 g/mol. The van der Waals surface area contributed by atoms with Gasteiger partial charge in [0.1, 0.15) is 0 Å². The van der Waals surface area contributed by atoms with Crippen molar-refractivity contribution in [3.05, 3.63) is 35.9 Å². The van der Waals surface area contributed by atoms with E-state index < -0.39 is 6.75 Å². The maximum atomic E-state index is 9.89. The van der Waals surface area contributed by atoms with E-state index in [9.17, 15) is 10.5 Å². The average Bonchev–Trinajstić information content (AvgIpc) is 2.65. The van der Waals surface area contributed by atoms with Crippen LogP contribution in [0.5, 0.6) is 0 Å². The Balaban J connectivity index is 3.51. The van der Waals surface area contributed by atoms with Gasteiger partial charge in [-0.3, -0.25) is 0 Å². The number of benzene rings is 1. The molecule has 0 bridgehead atoms. The third-order valence-corrected chi connectivity index (χ3v) is 12.3. The van der Waals surface area contributed by atoms with Crippen LogP contribution >= 0.6 is 6.75 Å². The minimum atomic E-state index is -2.67. The van der Waals surface area contributed by atoms with Crippen LogP contribution in [0.3, 0.4) is 0 Å². The molecule has 0 amide bonds. The molecule has 0 heterocycles. The fraction of sp³-hybridized carbons (Fsp3) is 0.619. The first-order valence-electron chi connectivity index (χ1n) is 9.74. The molecule has 0 aliphatic carbocycles. The molecule has 0 radical (unpaired) electrons. The molecular formula is C21H34N3P. The Bertz CT molecular complexity index is 547. The summed E-state index contributed by atoms with van der Waals surface area (Å²) in [6.07, 6.45) is 15.2. The molecular weight excluding hydrogens is 325 g/mol. The second kappa shape index (κ2) is 10.4. The zero-order chi connectivity index (χ0) is 18.6. The van der Waals surface area contributed by atoms with Gasteiger partial charge in [0, 0.05) is 0 Å². The predicted molar refractivity (Wildman–Crippen MR) is 109 cm³/mol. The van der Waals surface area contributed by atoms with Crippen molar-refractivity contribution >= 4 is 6.75 Å². The van der Waals surface area contributed by atoms with Gasteiger partial charge in [0.15, 0.2) is 0 Å². The van der Waals surface area contributed by atoms with Crippen molar-refractivity contribution in [2.45, 2.75) is 65.5 Å². The SMILES string of the molecule is CCCCP(CCCC)(CCCC)(Cc1ccccc1)N(C#N)C#N. The van der Waals surface area contributed by atoms with Crippen molar-refractivity contribution in [2.24, 2.45) is 0 Å². The Hall–Kier alpha value is -1.57. The Morgan fingerprint density at radius 1 is 0.800 bits per heavy atom. The van der Waals surface area contributed by atoms with Crippen molar-refractivity contribution in [1.82, 2.24) is 4.67 Å². The summed E-state index contributed by atoms with van der Waals surface area (Å²) < 4.78 is 1.60. The van der Waals surface area contributed by atoms with Gasteiger partial charge < -0.3 is 0 Å². The topological polar surface area (TPSA) is 50.8 Å². The minimum absolute atomic E-state index is 0.896. The van der Waals surface area contributed by atoms with Crippen molar-refractivity contribution in [2.75, 3.05) is 18.5 Å². The summed E-state index contributed by atoms with van der Waals surface area (Å²) in [4.78, 5) is 0. The van der Waals surface area contributed by atoms with E-state index >= 15 is 0 Å². The molecule has 3 nitrogen and oxygen atoms in total. The fourth-order valence-corrected chi connectivity index (χ4v) is 10.9. The van der Waals surface area contributed by atoms with E-state index in [0.29, 0.717) is 0 Å². The number of hydrogen-bond donors (Lipinski definition) is 0. The van der Waals surface area contributed by atoms with Gasteiger partial charge in [-0.2, -0.15) is 0 Å². The molecule has 0 spiro atoms. The number of rotatable bonds is 12. The van der Waals surface area contributed by atoms with Gasteiger partial charge in [-0.05, 0) is 0 Å². The number of hydrogen-bond acceptors (Lipinski definition) is 3. The Morgan fingerprint density at radius 3 is 1.60 bits per heavy atom. The zero-order valence-electron chi connectivity index (χ0n) is 16.2. The number of nitrogens with zero attached hydrogens (tertiary/aromatic N) is 3. The van der Waals surface area contributed by atoms with Gasteiger partial charge in [-0.1, -0.05) is 0 Å². The monoisotopic (exact) mass is 359 g/mol. The molecule has 0 unspecified atom stereocenters. The Kier molecular flexibility index (Phi) is 8.96. The van der Waals surface area contributed by atoms with Crippen LogP contribution in [-0.2, 0) is 6.16 Å². The molecule has 0 aromatic heterocycles. The predicted octanol–water partition coefficient (Wildman–Crippen LogP) is 6.32. The van der Waals surface area contributed by atoms with Gasteiger partial charge in [-0.15, -0.1) is 0 Å². The van der Waals surface area contributed by atoms with Crippen molar-refractivity contribution in [3.63, 3.8) is 0 Å². The molecule has 0 fully saturated rings. The molecule has 1 aromatic rings. The summed E-state index contributed by atoms with van der Waals surface area (Å²) in [6, 6.07) is 10.5. The first-order chi connectivity index (χ1) is 12.1. The van der Waals surface area contributed by atoms with E-state index in [-0.39, 0.29) is 0 Å². The van der Waals surface area contributed by atoms with Gasteiger partial charge >= 0.3 is 154 Å². The molecule has 0 atom stereocenters. The zero-order valence-corrected chi connectivity index (χ0v) is 17.1. The first kappa shape index (κ1) is 21.5. The second-order valence-corrected chi connectivity index (χ2v) is 13.2. The van der Waals surface area contributed by atoms with E-state index in [0.717, 1.165) is 63.2 Å². The van der Waals surface area contributed by atoms with Gasteiger partial charge in [-0.25, -0.2) is 0 Å². The quantitative estimate of drug-likeness (QED) is 0.249. The van der Waals surface area contributed by atoms with E-state index in [1.165, 1.54) is 5.56 Å². The van der Waals surface area contributed by atoms with Crippen LogP contribution in [0.15, 0.2) is 30.3 Å². The molecule has 0 aliphatic heterocycles. The van der Waals surface area contributed by atoms with E-state index in [1.807, 2.05) is 6.07 Å². The molecule has 138 valence electrons. The summed E-state index contributed by atoms with van der Waals surface area (Å²) in [6.45, 7) is 3.95. The van der Waals surface area contributed by atoms with Crippen LogP contribution in [0.1, 0.15) is 64.9 Å². The summed E-state index contributed by atoms with van der Waals surface area (Å²) in [5.41, 5.74) is 1.28. The van der Waals surface area contributed by atoms with Crippen LogP contribution in [0, 0.1) is 22.9 Å². The third kappa shape index (κ3) is 5.20. The van der Waals surface area contributed by atoms with Crippen LogP contribution in [-0.4, -0.2) is 23.2 Å². The van der Waals surface area contributed by atoms with Crippen LogP contribution < -0.4 is 0 Å². The third-order valence-electron chi connectivity index (χ3n) is 5.44. The first-order valence-corrected chi connectivity index (χ1v) is 12.7. The van der Waals surface area contributed by atoms with Crippen molar-refractivity contribution < 1.29 is 0 Å². The number of nitriles is 2. The molecule has 25 heavy (non-hydrogen) atoms. The number of unbranched alkanes of at least 4 members (excludes halogenated alkanes) is 3. The standard InChI is InChI=1S/C21H34N3P/c1-4-7-15-25(16-8-5-2,17-9-6-3,24(19-22)20-23)18-21-13-11-10-12-14-21/h10-14H,4-9,15-18H2,1-3H3. The van der Waals surface area contributed by atoms with Gasteiger partial charge in [0.25, 0.3) is 0 Å². The Labute approximate surface area is 154 Å². The summed E-state index contributed by atoms with van der Waals surface area (Å²) in [5, 5.41) is 19.8. The molecule has 0 saturated carbocycles. The van der Waals surface area contributed by atoms with Gasteiger partial charge in [0.05, 0.1) is 0 Å². The van der Waals surface area contributed by atoms with Crippen LogP contribution in [0.25, 0.3) is 0 Å². The Morgan fingerprint density at radius 2 is 1.24 bits per heavy atom. The van der Waals surface area contributed by atoms with Crippen molar-refractivity contribution in [1.29, 1.82) is 10.5 Å². The summed E-state index contributed by atoms with van der Waals surface area (Å²) >= 11 is 0. The maximum absolute atomic E-state index is 9.89. The fourth-order valence-electron chi connectivity index (χ4n) is 3.96.